The number of alkyl carbamates (subject to hydrolysis) is 1. The largest absolute Gasteiger partial charge is 0.444 e. The van der Waals surface area contributed by atoms with Gasteiger partial charge in [-0.05, 0) is 51.8 Å². The number of anilines is 1. The molecule has 0 aliphatic heterocycles. The van der Waals surface area contributed by atoms with Crippen molar-refractivity contribution in [1.82, 2.24) is 10.3 Å². The summed E-state index contributed by atoms with van der Waals surface area (Å²) in [7, 11) is 0. The smallest absolute Gasteiger partial charge is 0.407 e. The van der Waals surface area contributed by atoms with Gasteiger partial charge in [0.05, 0.1) is 5.52 Å². The molecule has 1 heterocycles. The van der Waals surface area contributed by atoms with E-state index in [0.717, 1.165) is 36.1 Å². The van der Waals surface area contributed by atoms with Crippen LogP contribution in [0.5, 0.6) is 0 Å². The number of halogens is 1. The highest BCUT2D eigenvalue weighted by atomic mass is 35.5. The average molecular weight is 352 g/mol. The van der Waals surface area contributed by atoms with Crippen molar-refractivity contribution in [2.75, 3.05) is 18.4 Å². The van der Waals surface area contributed by atoms with Crippen molar-refractivity contribution in [1.29, 1.82) is 0 Å². The lowest BCUT2D eigenvalue weighted by molar-refractivity contribution is 0.0527. The van der Waals surface area contributed by atoms with Gasteiger partial charge in [-0.25, -0.2) is 9.78 Å². The summed E-state index contributed by atoms with van der Waals surface area (Å²) in [5.74, 6) is 0.879. The van der Waals surface area contributed by atoms with Crippen molar-refractivity contribution in [2.24, 2.45) is 0 Å². The Hall–Kier alpha value is -2.01. The molecule has 0 aliphatic carbocycles. The summed E-state index contributed by atoms with van der Waals surface area (Å²) < 4.78 is 5.18. The lowest BCUT2D eigenvalue weighted by atomic mass is 10.2. The van der Waals surface area contributed by atoms with E-state index in [-0.39, 0.29) is 18.5 Å². The molecule has 0 saturated heterocycles. The third-order valence-corrected chi connectivity index (χ3v) is 3.18. The van der Waals surface area contributed by atoms with Gasteiger partial charge >= 0.3 is 6.09 Å². The van der Waals surface area contributed by atoms with E-state index in [0.29, 0.717) is 6.54 Å². The zero-order valence-electron chi connectivity index (χ0n) is 14.5. The first-order chi connectivity index (χ1) is 10.9. The summed E-state index contributed by atoms with van der Waals surface area (Å²) in [5, 5.41) is 7.20. The van der Waals surface area contributed by atoms with Crippen LogP contribution in [0.4, 0.5) is 10.6 Å². The van der Waals surface area contributed by atoms with Gasteiger partial charge < -0.3 is 15.4 Å². The molecule has 0 aliphatic rings. The molecule has 0 saturated carbocycles. The van der Waals surface area contributed by atoms with Crippen LogP contribution in [0, 0.1) is 0 Å². The third kappa shape index (κ3) is 7.04. The molecular weight excluding hydrogens is 326 g/mol. The summed E-state index contributed by atoms with van der Waals surface area (Å²) in [6.07, 6.45) is 1.48. The van der Waals surface area contributed by atoms with E-state index >= 15 is 0 Å². The Morgan fingerprint density at radius 2 is 1.79 bits per heavy atom. The highest BCUT2D eigenvalue weighted by Gasteiger charge is 2.15. The van der Waals surface area contributed by atoms with Gasteiger partial charge in [0.2, 0.25) is 0 Å². The van der Waals surface area contributed by atoms with Crippen LogP contribution in [0.1, 0.15) is 33.6 Å². The van der Waals surface area contributed by atoms with Crippen molar-refractivity contribution < 1.29 is 9.53 Å². The van der Waals surface area contributed by atoms with Gasteiger partial charge in [-0.3, -0.25) is 0 Å². The minimum atomic E-state index is -0.451. The Morgan fingerprint density at radius 3 is 2.54 bits per heavy atom. The first-order valence-corrected chi connectivity index (χ1v) is 8.00. The van der Waals surface area contributed by atoms with Crippen LogP contribution in [-0.4, -0.2) is 29.8 Å². The van der Waals surface area contributed by atoms with Crippen molar-refractivity contribution in [3.8, 4) is 0 Å². The molecule has 0 bridgehead atoms. The number of rotatable bonds is 6. The third-order valence-electron chi connectivity index (χ3n) is 3.18. The van der Waals surface area contributed by atoms with Gasteiger partial charge in [-0.2, -0.15) is 0 Å². The molecule has 24 heavy (non-hydrogen) atoms. The molecule has 0 radical (unpaired) electrons. The normalized spacial score (nSPS) is 10.8. The molecule has 2 aromatic rings. The fourth-order valence-corrected chi connectivity index (χ4v) is 2.14. The van der Waals surface area contributed by atoms with Gasteiger partial charge in [0.1, 0.15) is 11.4 Å². The van der Waals surface area contributed by atoms with Crippen LogP contribution < -0.4 is 10.6 Å². The van der Waals surface area contributed by atoms with Crippen molar-refractivity contribution in [3.05, 3.63) is 36.4 Å². The number of ether oxygens (including phenoxy) is 1. The molecule has 1 aromatic heterocycles. The van der Waals surface area contributed by atoms with Crippen LogP contribution in [0.2, 0.25) is 0 Å². The number of amides is 1. The van der Waals surface area contributed by atoms with E-state index in [4.69, 9.17) is 4.74 Å². The highest BCUT2D eigenvalue weighted by Crippen LogP contribution is 2.14. The minimum Gasteiger partial charge on any atom is -0.444 e. The molecule has 2 N–H and O–H groups in total. The number of aromatic nitrogens is 1. The van der Waals surface area contributed by atoms with Gasteiger partial charge in [-0.15, -0.1) is 12.4 Å². The van der Waals surface area contributed by atoms with E-state index < -0.39 is 5.60 Å². The van der Waals surface area contributed by atoms with Crippen LogP contribution in [0.15, 0.2) is 36.4 Å². The number of carbonyl (C=O) groups excluding carboxylic acids is 1. The Balaban J connectivity index is 0.00000288. The molecule has 0 atom stereocenters. The van der Waals surface area contributed by atoms with E-state index in [1.807, 2.05) is 45.0 Å². The quantitative estimate of drug-likeness (QED) is 0.758. The monoisotopic (exact) mass is 351 g/mol. The molecule has 0 unspecified atom stereocenters. The fourth-order valence-electron chi connectivity index (χ4n) is 2.14. The number of benzene rings is 1. The predicted octanol–water partition coefficient (Wildman–Crippen LogP) is 4.37. The van der Waals surface area contributed by atoms with Crippen LogP contribution in [0.3, 0.4) is 0 Å². The van der Waals surface area contributed by atoms with Gasteiger partial charge in [-0.1, -0.05) is 18.2 Å². The van der Waals surface area contributed by atoms with E-state index in [9.17, 15) is 4.79 Å². The molecule has 2 rings (SSSR count). The first kappa shape index (κ1) is 20.0. The molecule has 132 valence electrons. The molecule has 1 amide bonds. The Labute approximate surface area is 149 Å². The second-order valence-corrected chi connectivity index (χ2v) is 6.45. The number of nitrogens with one attached hydrogen (secondary N) is 2. The molecule has 0 spiro atoms. The first-order valence-electron chi connectivity index (χ1n) is 8.00. The SMILES string of the molecule is CC(C)(C)OC(=O)NCCCCNc1ccc2ccccc2n1.Cl. The summed E-state index contributed by atoms with van der Waals surface area (Å²) in [6.45, 7) is 7.00. The maximum absolute atomic E-state index is 11.5. The zero-order chi connectivity index (χ0) is 16.7. The van der Waals surface area contributed by atoms with Gasteiger partial charge in [0.15, 0.2) is 0 Å². The van der Waals surface area contributed by atoms with E-state index in [2.05, 4.69) is 27.8 Å². The van der Waals surface area contributed by atoms with Crippen molar-refractivity contribution in [2.45, 2.75) is 39.2 Å². The van der Waals surface area contributed by atoms with Crippen molar-refractivity contribution >= 4 is 35.2 Å². The summed E-state index contributed by atoms with van der Waals surface area (Å²) in [6, 6.07) is 12.1. The Morgan fingerprint density at radius 1 is 1.08 bits per heavy atom. The predicted molar refractivity (Wildman–Crippen MR) is 101 cm³/mol. The zero-order valence-corrected chi connectivity index (χ0v) is 15.3. The fraction of sp³-hybridized carbons (Fsp3) is 0.444. The number of carbonyl (C=O) groups is 1. The van der Waals surface area contributed by atoms with Gasteiger partial charge in [0.25, 0.3) is 0 Å². The number of para-hydroxylation sites is 1. The lowest BCUT2D eigenvalue weighted by Crippen LogP contribution is -2.33. The summed E-state index contributed by atoms with van der Waals surface area (Å²) in [5.41, 5.74) is 0.539. The number of nitrogens with zero attached hydrogens (tertiary/aromatic N) is 1. The minimum absolute atomic E-state index is 0. The molecule has 0 fully saturated rings. The van der Waals surface area contributed by atoms with Crippen LogP contribution in [-0.2, 0) is 4.74 Å². The maximum atomic E-state index is 11.5. The van der Waals surface area contributed by atoms with Crippen LogP contribution >= 0.6 is 12.4 Å². The van der Waals surface area contributed by atoms with E-state index in [1.165, 1.54) is 0 Å². The van der Waals surface area contributed by atoms with E-state index in [1.54, 1.807) is 0 Å². The van der Waals surface area contributed by atoms with Crippen molar-refractivity contribution in [3.63, 3.8) is 0 Å². The molecule has 1 aromatic carbocycles. The van der Waals surface area contributed by atoms with Gasteiger partial charge in [0, 0.05) is 18.5 Å². The number of pyridine rings is 1. The second kappa shape index (κ2) is 9.33. The molecule has 6 heteroatoms. The van der Waals surface area contributed by atoms with Crippen LogP contribution in [0.25, 0.3) is 10.9 Å². The molecule has 5 nitrogen and oxygen atoms in total. The average Bonchev–Trinajstić information content (AvgIpc) is 2.49. The number of hydrogen-bond acceptors (Lipinski definition) is 4. The maximum Gasteiger partial charge on any atom is 0.407 e. The number of unbranched alkanes of at least 4 members (excludes halogenated alkanes) is 1. The standard InChI is InChI=1S/C18H25N3O2.ClH/c1-18(2,3)23-17(22)20-13-7-6-12-19-16-11-10-14-8-4-5-9-15(14)21-16;/h4-5,8-11H,6-7,12-13H2,1-3H3,(H,19,21)(H,20,22);1H. The number of hydrogen-bond donors (Lipinski definition) is 2. The Kier molecular flexibility index (Phi) is 7.79. The summed E-state index contributed by atoms with van der Waals surface area (Å²) in [4.78, 5) is 16.0. The summed E-state index contributed by atoms with van der Waals surface area (Å²) >= 11 is 0. The molecular formula is C18H26ClN3O2. The Bertz CT molecular complexity index is 656. The topological polar surface area (TPSA) is 63.2 Å². The number of fused-ring (bicyclic) bond motifs is 1. The lowest BCUT2D eigenvalue weighted by Gasteiger charge is -2.19. The highest BCUT2D eigenvalue weighted by molar-refractivity contribution is 5.85. The second-order valence-electron chi connectivity index (χ2n) is 6.45.